The quantitative estimate of drug-likeness (QED) is 0.201. The fourth-order valence-corrected chi connectivity index (χ4v) is 8.69. The van der Waals surface area contributed by atoms with Crippen LogP contribution in [-0.2, 0) is 0 Å². The van der Waals surface area contributed by atoms with E-state index in [0.717, 1.165) is 42.9 Å². The maximum Gasteiger partial charge on any atom is 0.165 e. The summed E-state index contributed by atoms with van der Waals surface area (Å²) >= 11 is 10.7. The molecule has 0 saturated carbocycles. The average Bonchev–Trinajstić information content (AvgIpc) is 3.64. The first kappa shape index (κ1) is 24.9. The summed E-state index contributed by atoms with van der Waals surface area (Å²) in [6.07, 6.45) is 0. The van der Waals surface area contributed by atoms with Crippen LogP contribution in [0.1, 0.15) is 0 Å². The molecule has 0 aliphatic carbocycles. The number of halogens is 1. The Labute approximate surface area is 259 Å². The highest BCUT2D eigenvalue weighted by atomic mass is 35.5. The molecule has 3 nitrogen and oxygen atoms in total. The van der Waals surface area contributed by atoms with Crippen molar-refractivity contribution in [3.8, 4) is 34.2 Å². The van der Waals surface area contributed by atoms with Crippen molar-refractivity contribution in [1.82, 2.24) is 15.0 Å². The number of aromatic nitrogens is 3. The predicted molar refractivity (Wildman–Crippen MR) is 184 cm³/mol. The predicted octanol–water partition coefficient (Wildman–Crippen LogP) is 11.4. The molecule has 3 heterocycles. The third-order valence-electron chi connectivity index (χ3n) is 8.04. The Morgan fingerprint density at radius 2 is 1.00 bits per heavy atom. The minimum absolute atomic E-state index is 0.564. The van der Waals surface area contributed by atoms with Crippen LogP contribution >= 0.6 is 34.3 Å². The second-order valence-corrected chi connectivity index (χ2v) is 13.0. The van der Waals surface area contributed by atoms with Crippen molar-refractivity contribution in [1.29, 1.82) is 0 Å². The Morgan fingerprint density at radius 3 is 1.84 bits per heavy atom. The number of hydrogen-bond acceptors (Lipinski definition) is 5. The lowest BCUT2D eigenvalue weighted by Crippen LogP contribution is -2.01. The standard InChI is InChI=1S/C37H20ClN3S2/c38-33-28(20-19-24-23-12-3-5-16-29(23)43-34(24)33)37-40-35(25-14-7-10-21-9-1-2-11-22(21)25)39-36(41-37)27-15-8-18-31-32(27)26-13-4-6-17-30(26)42-31/h1-20H. The molecule has 6 heteroatoms. The van der Waals surface area contributed by atoms with Crippen LogP contribution in [0.2, 0.25) is 5.02 Å². The zero-order valence-electron chi connectivity index (χ0n) is 22.6. The smallest absolute Gasteiger partial charge is 0.165 e. The summed E-state index contributed by atoms with van der Waals surface area (Å²) in [5, 5.41) is 7.62. The minimum Gasteiger partial charge on any atom is -0.208 e. The molecule has 0 amide bonds. The molecule has 0 N–H and O–H groups in total. The molecular formula is C37H20ClN3S2. The Bertz CT molecular complexity index is 2540. The van der Waals surface area contributed by atoms with Crippen LogP contribution in [0.3, 0.4) is 0 Å². The monoisotopic (exact) mass is 605 g/mol. The molecule has 0 bridgehead atoms. The molecule has 0 fully saturated rings. The largest absolute Gasteiger partial charge is 0.208 e. The van der Waals surface area contributed by atoms with Crippen LogP contribution in [0.5, 0.6) is 0 Å². The number of thiophene rings is 2. The highest BCUT2D eigenvalue weighted by molar-refractivity contribution is 7.26. The SMILES string of the molecule is Clc1c(-c2nc(-c3cccc4ccccc34)nc(-c3cccc4sc5ccccc5c34)n2)ccc2c1sc1ccccc12. The second kappa shape index (κ2) is 9.68. The van der Waals surface area contributed by atoms with Gasteiger partial charge in [0.05, 0.1) is 9.72 Å². The van der Waals surface area contributed by atoms with Crippen LogP contribution in [0.15, 0.2) is 121 Å². The van der Waals surface area contributed by atoms with Gasteiger partial charge in [-0.25, -0.2) is 15.0 Å². The van der Waals surface area contributed by atoms with Gasteiger partial charge < -0.3 is 0 Å². The molecular weight excluding hydrogens is 586 g/mol. The molecule has 0 aliphatic heterocycles. The Hall–Kier alpha value is -4.68. The first-order valence-electron chi connectivity index (χ1n) is 14.0. The van der Waals surface area contributed by atoms with Crippen molar-refractivity contribution in [3.05, 3.63) is 126 Å². The third-order valence-corrected chi connectivity index (χ3v) is 10.9. The average molecular weight is 606 g/mol. The van der Waals surface area contributed by atoms with Gasteiger partial charge in [0, 0.05) is 52.3 Å². The van der Waals surface area contributed by atoms with Gasteiger partial charge in [0.25, 0.3) is 0 Å². The zero-order valence-corrected chi connectivity index (χ0v) is 25.0. The van der Waals surface area contributed by atoms with E-state index in [1.165, 1.54) is 24.9 Å². The van der Waals surface area contributed by atoms with Crippen molar-refractivity contribution in [3.63, 3.8) is 0 Å². The van der Waals surface area contributed by atoms with Gasteiger partial charge >= 0.3 is 0 Å². The van der Waals surface area contributed by atoms with Crippen LogP contribution < -0.4 is 0 Å². The number of fused-ring (bicyclic) bond motifs is 7. The van der Waals surface area contributed by atoms with Crippen LogP contribution in [0, 0.1) is 0 Å². The summed E-state index contributed by atoms with van der Waals surface area (Å²) in [4.78, 5) is 15.4. The molecule has 6 aromatic carbocycles. The fourth-order valence-electron chi connectivity index (χ4n) is 6.05. The van der Waals surface area contributed by atoms with E-state index in [9.17, 15) is 0 Å². The van der Waals surface area contributed by atoms with Crippen molar-refractivity contribution < 1.29 is 0 Å². The molecule has 0 aliphatic rings. The van der Waals surface area contributed by atoms with Gasteiger partial charge in [0.2, 0.25) is 0 Å². The van der Waals surface area contributed by atoms with Crippen LogP contribution in [0.4, 0.5) is 0 Å². The number of hydrogen-bond donors (Lipinski definition) is 0. The summed E-state index contributed by atoms with van der Waals surface area (Å²) in [6.45, 7) is 0. The normalized spacial score (nSPS) is 11.8. The molecule has 0 radical (unpaired) electrons. The van der Waals surface area contributed by atoms with Gasteiger partial charge in [-0.2, -0.15) is 0 Å². The molecule has 0 atom stereocenters. The first-order chi connectivity index (χ1) is 21.2. The van der Waals surface area contributed by atoms with E-state index >= 15 is 0 Å². The lowest BCUT2D eigenvalue weighted by molar-refractivity contribution is 1.08. The minimum atomic E-state index is 0.564. The van der Waals surface area contributed by atoms with Gasteiger partial charge in [-0.1, -0.05) is 109 Å². The van der Waals surface area contributed by atoms with Crippen LogP contribution in [-0.4, -0.2) is 15.0 Å². The molecule has 43 heavy (non-hydrogen) atoms. The van der Waals surface area contributed by atoms with Gasteiger partial charge in [-0.05, 0) is 35.0 Å². The van der Waals surface area contributed by atoms with Gasteiger partial charge in [-0.3, -0.25) is 0 Å². The van der Waals surface area contributed by atoms with Crippen LogP contribution in [0.25, 0.3) is 85.3 Å². The maximum absolute atomic E-state index is 7.21. The van der Waals surface area contributed by atoms with Crippen molar-refractivity contribution in [2.24, 2.45) is 0 Å². The van der Waals surface area contributed by atoms with E-state index in [1.54, 1.807) is 22.7 Å². The first-order valence-corrected chi connectivity index (χ1v) is 16.0. The molecule has 202 valence electrons. The van der Waals surface area contributed by atoms with E-state index in [1.807, 2.05) is 0 Å². The zero-order chi connectivity index (χ0) is 28.5. The van der Waals surface area contributed by atoms with Gasteiger partial charge in [0.15, 0.2) is 17.5 Å². The van der Waals surface area contributed by atoms with Gasteiger partial charge in [0.1, 0.15) is 0 Å². The summed E-state index contributed by atoms with van der Waals surface area (Å²) in [5.74, 6) is 1.82. The number of rotatable bonds is 3. The molecule has 3 aromatic heterocycles. The summed E-state index contributed by atoms with van der Waals surface area (Å²) < 4.78 is 4.70. The third kappa shape index (κ3) is 3.90. The highest BCUT2D eigenvalue weighted by Crippen LogP contribution is 2.43. The fraction of sp³-hybridized carbons (Fsp3) is 0. The Balaban J connectivity index is 1.35. The summed E-state index contributed by atoms with van der Waals surface area (Å²) in [7, 11) is 0. The van der Waals surface area contributed by atoms with Gasteiger partial charge in [-0.15, -0.1) is 22.7 Å². The van der Waals surface area contributed by atoms with Crippen molar-refractivity contribution in [2.45, 2.75) is 0 Å². The van der Waals surface area contributed by atoms with Crippen molar-refractivity contribution in [2.75, 3.05) is 0 Å². The van der Waals surface area contributed by atoms with Crippen molar-refractivity contribution >= 4 is 85.4 Å². The Morgan fingerprint density at radius 1 is 0.419 bits per heavy atom. The molecule has 9 aromatic rings. The van der Waals surface area contributed by atoms with E-state index in [4.69, 9.17) is 26.6 Å². The van der Waals surface area contributed by atoms with E-state index in [2.05, 4.69) is 121 Å². The Kier molecular flexibility index (Phi) is 5.60. The second-order valence-electron chi connectivity index (χ2n) is 10.5. The molecule has 0 unspecified atom stereocenters. The molecule has 9 rings (SSSR count). The van der Waals surface area contributed by atoms with E-state index < -0.39 is 0 Å². The number of benzene rings is 6. The topological polar surface area (TPSA) is 38.7 Å². The molecule has 0 spiro atoms. The number of nitrogens with zero attached hydrogens (tertiary/aromatic N) is 3. The van der Waals surface area contributed by atoms with E-state index in [-0.39, 0.29) is 0 Å². The highest BCUT2D eigenvalue weighted by Gasteiger charge is 2.20. The maximum atomic E-state index is 7.21. The van der Waals surface area contributed by atoms with E-state index in [0.29, 0.717) is 22.5 Å². The summed E-state index contributed by atoms with van der Waals surface area (Å²) in [6, 6.07) is 42.1. The molecule has 0 saturated heterocycles. The lowest BCUT2D eigenvalue weighted by Gasteiger charge is -2.12. The summed E-state index contributed by atoms with van der Waals surface area (Å²) in [5.41, 5.74) is 2.75. The lowest BCUT2D eigenvalue weighted by atomic mass is 10.0.